The summed E-state index contributed by atoms with van der Waals surface area (Å²) < 4.78 is 0. The molecule has 1 saturated heterocycles. The van der Waals surface area contributed by atoms with Crippen LogP contribution in [-0.4, -0.2) is 28.6 Å². The smallest absolute Gasteiger partial charge is 0.351 e. The fourth-order valence-corrected chi connectivity index (χ4v) is 2.55. The topological polar surface area (TPSA) is 86.7 Å². The molecule has 2 amide bonds. The maximum absolute atomic E-state index is 11.9. The van der Waals surface area contributed by atoms with E-state index in [0.717, 1.165) is 0 Å². The van der Waals surface area contributed by atoms with Gasteiger partial charge in [-0.15, -0.1) is 0 Å². The van der Waals surface area contributed by atoms with Gasteiger partial charge in [0.2, 0.25) is 11.6 Å². The number of hydrogen-bond donors (Lipinski definition) is 2. The summed E-state index contributed by atoms with van der Waals surface area (Å²) in [6.45, 7) is 0. The number of carbonyl (C=O) groups is 3. The first-order valence-corrected chi connectivity index (χ1v) is 5.54. The Morgan fingerprint density at radius 2 is 2.06 bits per heavy atom. The molecule has 2 N–H and O–H groups in total. The first kappa shape index (κ1) is 10.8. The van der Waals surface area contributed by atoms with E-state index in [1.807, 2.05) is 0 Å². The molecule has 2 aliphatic rings. The average molecular weight is 246 g/mol. The highest BCUT2D eigenvalue weighted by atomic mass is 16.4. The number of para-hydroxylation sites is 1. The molecule has 2 aliphatic heterocycles. The van der Waals surface area contributed by atoms with Crippen LogP contribution in [0.1, 0.15) is 23.2 Å². The molecule has 18 heavy (non-hydrogen) atoms. The number of aliphatic carboxylic acids is 1. The van der Waals surface area contributed by atoms with Gasteiger partial charge >= 0.3 is 5.97 Å². The Bertz CT molecular complexity index is 583. The van der Waals surface area contributed by atoms with Gasteiger partial charge in [0.05, 0.1) is 11.3 Å². The number of nitrogens with zero attached hydrogens (tertiary/aromatic N) is 1. The summed E-state index contributed by atoms with van der Waals surface area (Å²) in [5.41, 5.74) is -0.932. The van der Waals surface area contributed by atoms with Crippen LogP contribution in [0.4, 0.5) is 5.69 Å². The molecular formula is C12H10N2O4. The predicted molar refractivity (Wildman–Crippen MR) is 61.0 cm³/mol. The van der Waals surface area contributed by atoms with E-state index in [9.17, 15) is 19.5 Å². The number of nitrogens with one attached hydrogen (secondary N) is 1. The van der Waals surface area contributed by atoms with E-state index >= 15 is 0 Å². The van der Waals surface area contributed by atoms with Gasteiger partial charge in [0.15, 0.2) is 0 Å². The molecule has 1 atom stereocenters. The van der Waals surface area contributed by atoms with Crippen molar-refractivity contribution in [2.45, 2.75) is 18.5 Å². The third-order valence-corrected chi connectivity index (χ3v) is 3.40. The Morgan fingerprint density at radius 1 is 1.33 bits per heavy atom. The molecule has 1 fully saturated rings. The van der Waals surface area contributed by atoms with E-state index in [-0.39, 0.29) is 18.7 Å². The molecule has 0 aromatic heterocycles. The van der Waals surface area contributed by atoms with E-state index in [4.69, 9.17) is 0 Å². The van der Waals surface area contributed by atoms with Crippen molar-refractivity contribution < 1.29 is 19.5 Å². The molecule has 6 nitrogen and oxygen atoms in total. The van der Waals surface area contributed by atoms with Crippen LogP contribution in [-0.2, 0) is 9.59 Å². The van der Waals surface area contributed by atoms with Crippen LogP contribution in [0.15, 0.2) is 24.3 Å². The molecular weight excluding hydrogens is 236 g/mol. The molecule has 3 rings (SSSR count). The number of rotatable bonds is 1. The summed E-state index contributed by atoms with van der Waals surface area (Å²) >= 11 is 0. The molecule has 1 aromatic rings. The standard InChI is InChI=1S/C12H10N2O4/c15-9-5-6-12(11(17)18)13-10(16)7-3-1-2-4-8(7)14(9)12/h1-4H,5-6H2,(H,13,16)(H,17,18). The highest BCUT2D eigenvalue weighted by molar-refractivity contribution is 6.15. The molecule has 0 radical (unpaired) electrons. The number of anilines is 1. The van der Waals surface area contributed by atoms with Crippen molar-refractivity contribution in [3.05, 3.63) is 29.8 Å². The van der Waals surface area contributed by atoms with Crippen molar-refractivity contribution in [2.75, 3.05) is 4.90 Å². The van der Waals surface area contributed by atoms with E-state index in [1.54, 1.807) is 24.3 Å². The summed E-state index contributed by atoms with van der Waals surface area (Å²) in [4.78, 5) is 36.5. The Hall–Kier alpha value is -2.37. The second-order valence-electron chi connectivity index (χ2n) is 4.37. The van der Waals surface area contributed by atoms with Gasteiger partial charge in [0.25, 0.3) is 5.91 Å². The quantitative estimate of drug-likeness (QED) is 0.748. The zero-order chi connectivity index (χ0) is 12.9. The summed E-state index contributed by atoms with van der Waals surface area (Å²) in [5.74, 6) is -1.96. The Labute approximate surface area is 102 Å². The van der Waals surface area contributed by atoms with Crippen molar-refractivity contribution in [1.29, 1.82) is 0 Å². The van der Waals surface area contributed by atoms with Crippen LogP contribution in [0.5, 0.6) is 0 Å². The first-order valence-electron chi connectivity index (χ1n) is 5.54. The number of carboxylic acids is 1. The Morgan fingerprint density at radius 3 is 2.78 bits per heavy atom. The molecule has 92 valence electrons. The van der Waals surface area contributed by atoms with Gasteiger partial charge in [0, 0.05) is 12.8 Å². The average Bonchev–Trinajstić information content (AvgIpc) is 2.69. The first-order chi connectivity index (χ1) is 8.56. The number of carboxylic acid groups (broad SMARTS) is 1. The van der Waals surface area contributed by atoms with Crippen LogP contribution in [0.25, 0.3) is 0 Å². The lowest BCUT2D eigenvalue weighted by Gasteiger charge is -2.39. The van der Waals surface area contributed by atoms with E-state index in [0.29, 0.717) is 11.3 Å². The molecule has 0 bridgehead atoms. The summed E-state index contributed by atoms with van der Waals surface area (Å²) in [6, 6.07) is 6.51. The van der Waals surface area contributed by atoms with Gasteiger partial charge < -0.3 is 10.4 Å². The maximum atomic E-state index is 11.9. The highest BCUT2D eigenvalue weighted by Crippen LogP contribution is 2.39. The van der Waals surface area contributed by atoms with E-state index in [1.165, 1.54) is 4.90 Å². The second kappa shape index (κ2) is 3.32. The third kappa shape index (κ3) is 1.14. The van der Waals surface area contributed by atoms with Crippen LogP contribution in [0, 0.1) is 0 Å². The summed E-state index contributed by atoms with van der Waals surface area (Å²) in [5, 5.41) is 11.8. The monoisotopic (exact) mass is 246 g/mol. The zero-order valence-corrected chi connectivity index (χ0v) is 9.34. The number of fused-ring (bicyclic) bond motifs is 3. The lowest BCUT2D eigenvalue weighted by atomic mass is 10.00. The fraction of sp³-hybridized carbons (Fsp3) is 0.250. The minimum atomic E-state index is -1.62. The van der Waals surface area contributed by atoms with Crippen LogP contribution in [0.3, 0.4) is 0 Å². The Balaban J connectivity index is 2.25. The molecule has 2 heterocycles. The fourth-order valence-electron chi connectivity index (χ4n) is 2.55. The molecule has 1 unspecified atom stereocenters. The molecule has 0 spiro atoms. The maximum Gasteiger partial charge on any atom is 0.351 e. The third-order valence-electron chi connectivity index (χ3n) is 3.40. The number of amides is 2. The minimum absolute atomic E-state index is 0.0846. The summed E-state index contributed by atoms with van der Waals surface area (Å²) in [6.07, 6.45) is 0.197. The summed E-state index contributed by atoms with van der Waals surface area (Å²) in [7, 11) is 0. The van der Waals surface area contributed by atoms with Crippen LogP contribution >= 0.6 is 0 Å². The number of benzene rings is 1. The van der Waals surface area contributed by atoms with Crippen molar-refractivity contribution in [2.24, 2.45) is 0 Å². The van der Waals surface area contributed by atoms with Crippen molar-refractivity contribution >= 4 is 23.5 Å². The lowest BCUT2D eigenvalue weighted by Crippen LogP contribution is -2.66. The van der Waals surface area contributed by atoms with Crippen molar-refractivity contribution in [1.82, 2.24) is 5.32 Å². The minimum Gasteiger partial charge on any atom is -0.478 e. The van der Waals surface area contributed by atoms with Gasteiger partial charge in [0.1, 0.15) is 0 Å². The normalized spacial score (nSPS) is 25.4. The second-order valence-corrected chi connectivity index (χ2v) is 4.37. The number of carbonyl (C=O) groups excluding carboxylic acids is 2. The zero-order valence-electron chi connectivity index (χ0n) is 9.34. The van der Waals surface area contributed by atoms with E-state index < -0.39 is 17.5 Å². The molecule has 1 aromatic carbocycles. The Kier molecular flexibility index (Phi) is 1.98. The number of hydrogen-bond acceptors (Lipinski definition) is 3. The highest BCUT2D eigenvalue weighted by Gasteiger charge is 2.56. The molecule has 0 saturated carbocycles. The van der Waals surface area contributed by atoms with Gasteiger partial charge in [-0.1, -0.05) is 12.1 Å². The molecule has 0 aliphatic carbocycles. The van der Waals surface area contributed by atoms with Gasteiger partial charge in [-0.05, 0) is 12.1 Å². The largest absolute Gasteiger partial charge is 0.478 e. The SMILES string of the molecule is O=C1NC2(C(=O)O)CCC(=O)N2c2ccccc21. The van der Waals surface area contributed by atoms with Crippen LogP contribution < -0.4 is 10.2 Å². The van der Waals surface area contributed by atoms with Crippen molar-refractivity contribution in [3.8, 4) is 0 Å². The van der Waals surface area contributed by atoms with Gasteiger partial charge in [-0.2, -0.15) is 0 Å². The van der Waals surface area contributed by atoms with Gasteiger partial charge in [-0.25, -0.2) is 4.79 Å². The lowest BCUT2D eigenvalue weighted by molar-refractivity contribution is -0.144. The van der Waals surface area contributed by atoms with Crippen molar-refractivity contribution in [3.63, 3.8) is 0 Å². The van der Waals surface area contributed by atoms with E-state index in [2.05, 4.69) is 5.32 Å². The van der Waals surface area contributed by atoms with Crippen LogP contribution in [0.2, 0.25) is 0 Å². The van der Waals surface area contributed by atoms with Gasteiger partial charge in [-0.3, -0.25) is 14.5 Å². The predicted octanol–water partition coefficient (Wildman–Crippen LogP) is 0.338. The molecule has 6 heteroatoms.